The molecule has 90 valence electrons. The minimum atomic E-state index is 0.636. The van der Waals surface area contributed by atoms with Crippen LogP contribution in [0.15, 0.2) is 30.5 Å². The maximum absolute atomic E-state index is 4.44. The smallest absolute Gasteiger partial charge is 0.186 e. The highest BCUT2D eigenvalue weighted by atomic mass is 15.2. The van der Waals surface area contributed by atoms with E-state index in [0.29, 0.717) is 11.6 Å². The van der Waals surface area contributed by atoms with E-state index in [0.717, 1.165) is 22.2 Å². The van der Waals surface area contributed by atoms with E-state index < -0.39 is 0 Å². The molecule has 0 saturated carbocycles. The van der Waals surface area contributed by atoms with Crippen molar-refractivity contribution in [2.45, 2.75) is 6.92 Å². The number of H-pyrrole nitrogens is 1. The quantitative estimate of drug-likeness (QED) is 0.720. The zero-order chi connectivity index (χ0) is 12.5. The molecule has 18 heavy (non-hydrogen) atoms. The molecule has 0 aliphatic rings. The largest absolute Gasteiger partial charge is 0.372 e. The third-order valence-corrected chi connectivity index (χ3v) is 2.93. The Morgan fingerprint density at radius 2 is 2.06 bits per heavy atom. The second kappa shape index (κ2) is 4.10. The SMILES string of the molecule is CNc1cnnc(-c2c(C)[nH]c3ccccc23)n1. The van der Waals surface area contributed by atoms with Crippen molar-refractivity contribution in [2.75, 3.05) is 12.4 Å². The Kier molecular flexibility index (Phi) is 2.44. The van der Waals surface area contributed by atoms with Crippen molar-refractivity contribution in [3.05, 3.63) is 36.2 Å². The minimum absolute atomic E-state index is 0.636. The van der Waals surface area contributed by atoms with E-state index in [4.69, 9.17) is 0 Å². The second-order valence-electron chi connectivity index (χ2n) is 4.09. The summed E-state index contributed by atoms with van der Waals surface area (Å²) in [5, 5.41) is 12.2. The molecule has 0 spiro atoms. The maximum Gasteiger partial charge on any atom is 0.186 e. The van der Waals surface area contributed by atoms with E-state index in [1.54, 1.807) is 6.20 Å². The van der Waals surface area contributed by atoms with Crippen LogP contribution >= 0.6 is 0 Å². The van der Waals surface area contributed by atoms with Gasteiger partial charge >= 0.3 is 0 Å². The topological polar surface area (TPSA) is 66.5 Å². The lowest BCUT2D eigenvalue weighted by Crippen LogP contribution is -1.98. The molecule has 5 nitrogen and oxygen atoms in total. The van der Waals surface area contributed by atoms with Gasteiger partial charge in [0.25, 0.3) is 0 Å². The van der Waals surface area contributed by atoms with Crippen molar-refractivity contribution >= 4 is 16.7 Å². The average Bonchev–Trinajstić information content (AvgIpc) is 2.74. The first-order chi connectivity index (χ1) is 8.79. The van der Waals surface area contributed by atoms with Gasteiger partial charge in [-0.1, -0.05) is 18.2 Å². The first-order valence-electron chi connectivity index (χ1n) is 5.75. The van der Waals surface area contributed by atoms with Crippen LogP contribution in [0.1, 0.15) is 5.69 Å². The maximum atomic E-state index is 4.44. The predicted molar refractivity (Wildman–Crippen MR) is 71.4 cm³/mol. The summed E-state index contributed by atoms with van der Waals surface area (Å²) in [6.07, 6.45) is 1.60. The van der Waals surface area contributed by atoms with Crippen LogP contribution in [-0.2, 0) is 0 Å². The van der Waals surface area contributed by atoms with Crippen LogP contribution in [0.25, 0.3) is 22.3 Å². The Morgan fingerprint density at radius 3 is 2.89 bits per heavy atom. The van der Waals surface area contributed by atoms with E-state index in [2.05, 4.69) is 31.5 Å². The number of nitrogens with zero attached hydrogens (tertiary/aromatic N) is 3. The first kappa shape index (κ1) is 10.7. The van der Waals surface area contributed by atoms with Gasteiger partial charge in [-0.2, -0.15) is 5.10 Å². The van der Waals surface area contributed by atoms with E-state index in [1.807, 2.05) is 32.2 Å². The molecule has 0 saturated heterocycles. The number of anilines is 1. The molecule has 3 aromatic rings. The number of para-hydroxylation sites is 1. The molecule has 0 amide bonds. The number of hydrogen-bond acceptors (Lipinski definition) is 4. The molecule has 0 aliphatic heterocycles. The molecule has 5 heteroatoms. The zero-order valence-electron chi connectivity index (χ0n) is 10.2. The zero-order valence-corrected chi connectivity index (χ0v) is 10.2. The summed E-state index contributed by atoms with van der Waals surface area (Å²) >= 11 is 0. The van der Waals surface area contributed by atoms with E-state index in [9.17, 15) is 0 Å². The number of fused-ring (bicyclic) bond motifs is 1. The Labute approximate surface area is 104 Å². The van der Waals surface area contributed by atoms with Gasteiger partial charge in [0.2, 0.25) is 0 Å². The summed E-state index contributed by atoms with van der Waals surface area (Å²) in [5.41, 5.74) is 3.14. The second-order valence-corrected chi connectivity index (χ2v) is 4.09. The minimum Gasteiger partial charge on any atom is -0.372 e. The Hall–Kier alpha value is -2.43. The molecule has 0 unspecified atom stereocenters. The number of nitrogens with one attached hydrogen (secondary N) is 2. The van der Waals surface area contributed by atoms with Crippen molar-refractivity contribution in [3.63, 3.8) is 0 Å². The van der Waals surface area contributed by atoms with Crippen LogP contribution in [-0.4, -0.2) is 27.2 Å². The molecule has 1 aromatic carbocycles. The third kappa shape index (κ3) is 1.60. The highest BCUT2D eigenvalue weighted by molar-refractivity contribution is 5.95. The lowest BCUT2D eigenvalue weighted by molar-refractivity contribution is 0.980. The Morgan fingerprint density at radius 1 is 1.22 bits per heavy atom. The molecule has 0 fully saturated rings. The summed E-state index contributed by atoms with van der Waals surface area (Å²) in [6.45, 7) is 2.02. The van der Waals surface area contributed by atoms with Crippen molar-refractivity contribution in [3.8, 4) is 11.4 Å². The highest BCUT2D eigenvalue weighted by Crippen LogP contribution is 2.29. The predicted octanol–water partition coefficient (Wildman–Crippen LogP) is 2.37. The molecule has 3 rings (SSSR count). The standard InChI is InChI=1S/C13H13N5/c1-8-12(9-5-3-4-6-10(9)16-8)13-17-11(14-2)7-15-18-13/h3-7,16H,1-2H3,(H,14,17,18). The number of hydrogen-bond donors (Lipinski definition) is 2. The summed E-state index contributed by atoms with van der Waals surface area (Å²) in [7, 11) is 1.82. The summed E-state index contributed by atoms with van der Waals surface area (Å²) < 4.78 is 0. The van der Waals surface area contributed by atoms with Crippen molar-refractivity contribution in [1.82, 2.24) is 20.2 Å². The van der Waals surface area contributed by atoms with Crippen molar-refractivity contribution in [1.29, 1.82) is 0 Å². The molecule has 2 heterocycles. The fourth-order valence-corrected chi connectivity index (χ4v) is 2.09. The molecule has 0 radical (unpaired) electrons. The summed E-state index contributed by atoms with van der Waals surface area (Å²) in [5.74, 6) is 1.35. The van der Waals surface area contributed by atoms with Gasteiger partial charge in [0.15, 0.2) is 5.82 Å². The molecule has 2 N–H and O–H groups in total. The van der Waals surface area contributed by atoms with Crippen molar-refractivity contribution in [2.24, 2.45) is 0 Å². The fourth-order valence-electron chi connectivity index (χ4n) is 2.09. The van der Waals surface area contributed by atoms with Crippen LogP contribution in [0.4, 0.5) is 5.82 Å². The van der Waals surface area contributed by atoms with Gasteiger partial charge in [-0.3, -0.25) is 0 Å². The van der Waals surface area contributed by atoms with E-state index in [1.165, 1.54) is 0 Å². The fraction of sp³-hybridized carbons (Fsp3) is 0.154. The summed E-state index contributed by atoms with van der Waals surface area (Å²) in [4.78, 5) is 7.77. The van der Waals surface area contributed by atoms with Crippen LogP contribution in [0.5, 0.6) is 0 Å². The van der Waals surface area contributed by atoms with Gasteiger partial charge in [0.1, 0.15) is 5.82 Å². The van der Waals surface area contributed by atoms with Crippen LogP contribution < -0.4 is 5.32 Å². The highest BCUT2D eigenvalue weighted by Gasteiger charge is 2.13. The van der Waals surface area contributed by atoms with Crippen molar-refractivity contribution < 1.29 is 0 Å². The molecule has 2 aromatic heterocycles. The van der Waals surface area contributed by atoms with Gasteiger partial charge in [-0.15, -0.1) is 5.10 Å². The van der Waals surface area contributed by atoms with Gasteiger partial charge in [-0.05, 0) is 13.0 Å². The normalized spacial score (nSPS) is 10.8. The molecule has 0 atom stereocenters. The molecule has 0 aliphatic carbocycles. The average molecular weight is 239 g/mol. The van der Waals surface area contributed by atoms with E-state index >= 15 is 0 Å². The first-order valence-corrected chi connectivity index (χ1v) is 5.75. The van der Waals surface area contributed by atoms with Crippen LogP contribution in [0.3, 0.4) is 0 Å². The van der Waals surface area contributed by atoms with Crippen LogP contribution in [0, 0.1) is 6.92 Å². The Balaban J connectivity index is 2.27. The molecule has 0 bridgehead atoms. The van der Waals surface area contributed by atoms with Crippen LogP contribution in [0.2, 0.25) is 0 Å². The van der Waals surface area contributed by atoms with Gasteiger partial charge in [-0.25, -0.2) is 4.98 Å². The number of rotatable bonds is 2. The number of aryl methyl sites for hydroxylation is 1. The van der Waals surface area contributed by atoms with Gasteiger partial charge in [0, 0.05) is 29.2 Å². The molecular weight excluding hydrogens is 226 g/mol. The number of aromatic nitrogens is 4. The number of benzene rings is 1. The number of aromatic amines is 1. The Bertz CT molecular complexity index is 701. The lowest BCUT2D eigenvalue weighted by atomic mass is 10.1. The van der Waals surface area contributed by atoms with Gasteiger partial charge < -0.3 is 10.3 Å². The van der Waals surface area contributed by atoms with Gasteiger partial charge in [0.05, 0.1) is 6.20 Å². The monoisotopic (exact) mass is 239 g/mol. The van der Waals surface area contributed by atoms with E-state index in [-0.39, 0.29) is 0 Å². The lowest BCUT2D eigenvalue weighted by Gasteiger charge is -2.02. The summed E-state index contributed by atoms with van der Waals surface area (Å²) in [6, 6.07) is 8.12. The third-order valence-electron chi connectivity index (χ3n) is 2.93. The molecular formula is C13H13N5.